The monoisotopic (exact) mass is 915 g/mol. The topological polar surface area (TPSA) is 231 Å². The van der Waals surface area contributed by atoms with Gasteiger partial charge in [-0.2, -0.15) is 0 Å². The minimum atomic E-state index is -1.77. The van der Waals surface area contributed by atoms with Crippen LogP contribution in [0.3, 0.4) is 0 Å². The lowest BCUT2D eigenvalue weighted by atomic mass is 9.98. The van der Waals surface area contributed by atoms with Gasteiger partial charge in [-0.15, -0.1) is 0 Å². The summed E-state index contributed by atoms with van der Waals surface area (Å²) in [7, 11) is 0. The Morgan fingerprint density at radius 1 is 0.516 bits per heavy atom. The van der Waals surface area contributed by atoms with Gasteiger partial charge in [-0.1, -0.05) is 147 Å². The van der Waals surface area contributed by atoms with Crippen molar-refractivity contribution in [1.29, 1.82) is 0 Å². The van der Waals surface area contributed by atoms with E-state index in [-0.39, 0.29) is 26.1 Å². The van der Waals surface area contributed by atoms with Gasteiger partial charge in [0.05, 0.1) is 19.8 Å². The van der Waals surface area contributed by atoms with Crippen molar-refractivity contribution in [2.24, 2.45) is 0 Å². The molecule has 372 valence electrons. The summed E-state index contributed by atoms with van der Waals surface area (Å²) >= 11 is 0. The summed E-state index contributed by atoms with van der Waals surface area (Å²) in [4.78, 5) is 25.7. The Labute approximate surface area is 383 Å². The third-order valence-electron chi connectivity index (χ3n) is 11.6. The normalized spacial score (nSPS) is 26.9. The Balaban J connectivity index is 1.84. The van der Waals surface area contributed by atoms with Crippen LogP contribution in [-0.4, -0.2) is 142 Å². The Morgan fingerprint density at radius 3 is 1.55 bits per heavy atom. The molecule has 64 heavy (non-hydrogen) atoms. The second kappa shape index (κ2) is 36.8. The Morgan fingerprint density at radius 2 is 0.984 bits per heavy atom. The minimum absolute atomic E-state index is 0.147. The van der Waals surface area contributed by atoms with Gasteiger partial charge in [0.25, 0.3) is 0 Å². The molecule has 0 aromatic heterocycles. The highest BCUT2D eigenvalue weighted by atomic mass is 16.7. The smallest absolute Gasteiger partial charge is 0.306 e. The van der Waals surface area contributed by atoms with Crippen molar-refractivity contribution in [1.82, 2.24) is 0 Å². The number of esters is 2. The highest BCUT2D eigenvalue weighted by molar-refractivity contribution is 5.70. The van der Waals surface area contributed by atoms with E-state index in [4.69, 9.17) is 28.4 Å². The SMILES string of the molecule is CCC=CCC=CCC=CCCCCCCCC(=O)OC(COC(=O)CCCCCCCCCCCCCCC)CO[C@H]1O[C@@H](CO[C@H]2O[C@H](CO)[C@H](O)[C@H](O)[C@H]2O)[C@@H](O)[C@@H](O)[C@@H]1O. The summed E-state index contributed by atoms with van der Waals surface area (Å²) in [6, 6.07) is 0. The molecule has 0 spiro atoms. The molecule has 2 saturated heterocycles. The molecule has 0 amide bonds. The first-order chi connectivity index (χ1) is 31.0. The first-order valence-corrected chi connectivity index (χ1v) is 24.6. The van der Waals surface area contributed by atoms with E-state index in [1.54, 1.807) is 0 Å². The fourth-order valence-electron chi connectivity index (χ4n) is 7.58. The zero-order valence-electron chi connectivity index (χ0n) is 39.0. The zero-order valence-corrected chi connectivity index (χ0v) is 39.0. The van der Waals surface area contributed by atoms with Gasteiger partial charge in [0, 0.05) is 12.8 Å². The van der Waals surface area contributed by atoms with E-state index in [9.17, 15) is 45.3 Å². The summed E-state index contributed by atoms with van der Waals surface area (Å²) in [5.41, 5.74) is 0. The summed E-state index contributed by atoms with van der Waals surface area (Å²) in [5.74, 6) is -0.943. The molecule has 2 rings (SSSR count). The van der Waals surface area contributed by atoms with Crippen LogP contribution in [0, 0.1) is 0 Å². The maximum Gasteiger partial charge on any atom is 0.306 e. The summed E-state index contributed by atoms with van der Waals surface area (Å²) in [6.07, 6.45) is 20.3. The first kappa shape index (κ1) is 57.8. The fourth-order valence-corrected chi connectivity index (χ4v) is 7.58. The summed E-state index contributed by atoms with van der Waals surface area (Å²) in [6.45, 7) is 2.45. The summed E-state index contributed by atoms with van der Waals surface area (Å²) in [5, 5.41) is 72.0. The molecule has 2 fully saturated rings. The Kier molecular flexibility index (Phi) is 33.3. The predicted molar refractivity (Wildman–Crippen MR) is 243 cm³/mol. The molecule has 0 saturated carbocycles. The molecule has 7 N–H and O–H groups in total. The number of ether oxygens (including phenoxy) is 6. The van der Waals surface area contributed by atoms with E-state index in [2.05, 4.69) is 50.3 Å². The number of hydrogen-bond acceptors (Lipinski definition) is 15. The number of hydrogen-bond donors (Lipinski definition) is 7. The fraction of sp³-hybridized carbons (Fsp3) is 0.837. The van der Waals surface area contributed by atoms with Gasteiger partial charge >= 0.3 is 11.9 Å². The van der Waals surface area contributed by atoms with Crippen molar-refractivity contribution in [2.75, 3.05) is 26.4 Å². The van der Waals surface area contributed by atoms with Crippen LogP contribution >= 0.6 is 0 Å². The highest BCUT2D eigenvalue weighted by Crippen LogP contribution is 2.26. The van der Waals surface area contributed by atoms with Crippen molar-refractivity contribution < 1.29 is 73.8 Å². The van der Waals surface area contributed by atoms with Gasteiger partial charge in [-0.05, 0) is 44.9 Å². The van der Waals surface area contributed by atoms with Gasteiger partial charge in [0.2, 0.25) is 0 Å². The van der Waals surface area contributed by atoms with Crippen molar-refractivity contribution in [2.45, 2.75) is 235 Å². The number of aliphatic hydroxyl groups excluding tert-OH is 7. The highest BCUT2D eigenvalue weighted by Gasteiger charge is 2.47. The van der Waals surface area contributed by atoms with Gasteiger partial charge in [-0.25, -0.2) is 0 Å². The van der Waals surface area contributed by atoms with Crippen LogP contribution in [0.25, 0.3) is 0 Å². The van der Waals surface area contributed by atoms with Gasteiger partial charge in [0.15, 0.2) is 18.7 Å². The zero-order chi connectivity index (χ0) is 46.8. The van der Waals surface area contributed by atoms with E-state index < -0.39 is 92.7 Å². The molecule has 2 heterocycles. The quantitative estimate of drug-likeness (QED) is 0.0211. The van der Waals surface area contributed by atoms with E-state index in [1.807, 2.05) is 0 Å². The number of carbonyl (C=O) groups excluding carboxylic acids is 2. The van der Waals surface area contributed by atoms with Gasteiger partial charge in [0.1, 0.15) is 55.4 Å². The van der Waals surface area contributed by atoms with E-state index >= 15 is 0 Å². The molecule has 15 heteroatoms. The number of aliphatic hydroxyl groups is 7. The van der Waals surface area contributed by atoms with Crippen LogP contribution in [0.1, 0.15) is 168 Å². The molecule has 15 nitrogen and oxygen atoms in total. The molecule has 0 bridgehead atoms. The number of carbonyl (C=O) groups is 2. The van der Waals surface area contributed by atoms with Crippen LogP contribution in [-0.2, 0) is 38.0 Å². The predicted octanol–water partition coefficient (Wildman–Crippen LogP) is 6.15. The van der Waals surface area contributed by atoms with Crippen LogP contribution < -0.4 is 0 Å². The molecule has 2 aliphatic rings. The molecule has 0 aliphatic carbocycles. The minimum Gasteiger partial charge on any atom is -0.462 e. The molecule has 11 atom stereocenters. The second-order valence-electron chi connectivity index (χ2n) is 17.3. The molecule has 2 aliphatic heterocycles. The Hall–Kier alpha value is -2.28. The first-order valence-electron chi connectivity index (χ1n) is 24.6. The molecule has 0 aromatic carbocycles. The standard InChI is InChI=1S/C49H86O15/c1-3-5-7-9-11-13-15-17-18-20-22-24-26-28-30-32-41(52)62-37(34-59-40(51)31-29-27-25-23-21-19-16-14-12-10-8-6-4-2)35-60-48-47(58)45(56)43(54)39(64-48)36-61-49-46(57)44(55)42(53)38(33-50)63-49/h5,7,11,13,17-18,37-39,42-50,53-58H,3-4,6,8-10,12,14-16,19-36H2,1-2H3/t37?,38-,39+,42+,43-,44+,45-,46-,47+,48+,49+/m1/s1. The van der Waals surface area contributed by atoms with Gasteiger partial charge in [-0.3, -0.25) is 9.59 Å². The third-order valence-corrected chi connectivity index (χ3v) is 11.6. The van der Waals surface area contributed by atoms with Crippen molar-refractivity contribution >= 4 is 11.9 Å². The van der Waals surface area contributed by atoms with Crippen LogP contribution in [0.4, 0.5) is 0 Å². The molecular weight excluding hydrogens is 829 g/mol. The lowest BCUT2D eigenvalue weighted by Gasteiger charge is -2.42. The van der Waals surface area contributed by atoms with Crippen molar-refractivity contribution in [3.8, 4) is 0 Å². The average Bonchev–Trinajstić information content (AvgIpc) is 3.29. The average molecular weight is 915 g/mol. The van der Waals surface area contributed by atoms with Crippen LogP contribution in [0.15, 0.2) is 36.5 Å². The summed E-state index contributed by atoms with van der Waals surface area (Å²) < 4.78 is 33.5. The molecule has 0 aromatic rings. The van der Waals surface area contributed by atoms with Crippen LogP contribution in [0.5, 0.6) is 0 Å². The Bertz CT molecular complexity index is 1260. The van der Waals surface area contributed by atoms with Crippen molar-refractivity contribution in [3.63, 3.8) is 0 Å². The molecular formula is C49H86O15. The lowest BCUT2D eigenvalue weighted by molar-refractivity contribution is -0.332. The van der Waals surface area contributed by atoms with E-state index in [1.165, 1.54) is 57.8 Å². The van der Waals surface area contributed by atoms with Crippen LogP contribution in [0.2, 0.25) is 0 Å². The van der Waals surface area contributed by atoms with Crippen molar-refractivity contribution in [3.05, 3.63) is 36.5 Å². The number of rotatable bonds is 37. The van der Waals surface area contributed by atoms with Gasteiger partial charge < -0.3 is 64.2 Å². The number of unbranched alkanes of at least 4 members (excludes halogenated alkanes) is 17. The maximum atomic E-state index is 13.0. The maximum absolute atomic E-state index is 13.0. The molecule has 0 radical (unpaired) electrons. The lowest BCUT2D eigenvalue weighted by Crippen LogP contribution is -2.61. The molecule has 1 unspecified atom stereocenters. The number of allylic oxidation sites excluding steroid dienone is 6. The second-order valence-corrected chi connectivity index (χ2v) is 17.3. The third kappa shape index (κ3) is 25.0. The van der Waals surface area contributed by atoms with E-state index in [0.29, 0.717) is 12.8 Å². The van der Waals surface area contributed by atoms with E-state index in [0.717, 1.165) is 70.6 Å². The largest absolute Gasteiger partial charge is 0.462 e.